The Morgan fingerprint density at radius 1 is 1.45 bits per heavy atom. The van der Waals surface area contributed by atoms with Crippen molar-refractivity contribution in [3.8, 4) is 11.3 Å². The second-order valence-corrected chi connectivity index (χ2v) is 5.73. The van der Waals surface area contributed by atoms with Crippen molar-refractivity contribution in [2.24, 2.45) is 10.8 Å². The number of nitrogens with one attached hydrogen (secondary N) is 1. The number of hydrazone groups is 1. The Hall–Kier alpha value is -1.86. The average Bonchev–Trinajstić information content (AvgIpc) is 3.01. The molecule has 0 spiro atoms. The van der Waals surface area contributed by atoms with E-state index in [4.69, 9.17) is 22.9 Å². The van der Waals surface area contributed by atoms with Crippen LogP contribution in [0.25, 0.3) is 11.3 Å². The Balaban J connectivity index is 2.02. The number of hydrogen-bond donors (Lipinski definition) is 2. The summed E-state index contributed by atoms with van der Waals surface area (Å²) in [5.74, 6) is 1.04. The van der Waals surface area contributed by atoms with E-state index in [0.717, 1.165) is 34.4 Å². The van der Waals surface area contributed by atoms with Crippen LogP contribution in [0.4, 0.5) is 0 Å². The van der Waals surface area contributed by atoms with E-state index < -0.39 is 0 Å². The molecule has 5 nitrogen and oxygen atoms in total. The molecule has 1 aromatic carbocycles. The largest absolute Gasteiger partial charge is 0.375 e. The molecular formula is C13H13N5S2. The molecule has 0 saturated carbocycles. The third-order valence-corrected chi connectivity index (χ3v) is 3.97. The van der Waals surface area contributed by atoms with Gasteiger partial charge in [0.15, 0.2) is 10.3 Å². The lowest BCUT2D eigenvalue weighted by atomic mass is 10.1. The number of nitrogens with two attached hydrogens (primary N) is 1. The van der Waals surface area contributed by atoms with Gasteiger partial charge in [-0.2, -0.15) is 5.10 Å². The number of thiocarbonyl (C=S) groups is 1. The maximum Gasteiger partial charge on any atom is 0.184 e. The highest BCUT2D eigenvalue weighted by Crippen LogP contribution is 2.32. The minimum atomic E-state index is 0.151. The van der Waals surface area contributed by atoms with Crippen molar-refractivity contribution in [2.45, 2.75) is 11.7 Å². The molecule has 2 heterocycles. The summed E-state index contributed by atoms with van der Waals surface area (Å²) in [6, 6.07) is 10.1. The summed E-state index contributed by atoms with van der Waals surface area (Å²) in [6.07, 6.45) is 1.73. The van der Waals surface area contributed by atoms with Crippen molar-refractivity contribution >= 4 is 35.3 Å². The zero-order valence-corrected chi connectivity index (χ0v) is 12.2. The predicted molar refractivity (Wildman–Crippen MR) is 85.9 cm³/mol. The van der Waals surface area contributed by atoms with Gasteiger partial charge in [-0.15, -0.1) is 0 Å². The molecule has 0 unspecified atom stereocenters. The van der Waals surface area contributed by atoms with E-state index in [1.165, 1.54) is 0 Å². The van der Waals surface area contributed by atoms with Gasteiger partial charge in [0.1, 0.15) is 0 Å². The molecule has 102 valence electrons. The summed E-state index contributed by atoms with van der Waals surface area (Å²) in [5.41, 5.74) is 10.9. The van der Waals surface area contributed by atoms with Gasteiger partial charge in [0, 0.05) is 17.9 Å². The van der Waals surface area contributed by atoms with Crippen LogP contribution in [-0.2, 0) is 6.54 Å². The van der Waals surface area contributed by atoms with Crippen LogP contribution in [-0.4, -0.2) is 26.6 Å². The molecule has 0 fully saturated rings. The van der Waals surface area contributed by atoms with E-state index in [2.05, 4.69) is 15.1 Å². The van der Waals surface area contributed by atoms with Crippen LogP contribution in [0.2, 0.25) is 0 Å². The Morgan fingerprint density at radius 2 is 2.25 bits per heavy atom. The van der Waals surface area contributed by atoms with Crippen molar-refractivity contribution in [2.75, 3.05) is 5.75 Å². The van der Waals surface area contributed by atoms with E-state index in [-0.39, 0.29) is 5.11 Å². The fourth-order valence-corrected chi connectivity index (χ4v) is 3.11. The summed E-state index contributed by atoms with van der Waals surface area (Å²) in [4.78, 5) is 4.70. The normalized spacial score (nSPS) is 13.6. The molecule has 1 aliphatic rings. The van der Waals surface area contributed by atoms with Crippen LogP contribution in [0.1, 0.15) is 5.69 Å². The van der Waals surface area contributed by atoms with E-state index in [0.29, 0.717) is 0 Å². The van der Waals surface area contributed by atoms with Crippen LogP contribution < -0.4 is 11.2 Å². The van der Waals surface area contributed by atoms with Crippen LogP contribution >= 0.6 is 24.0 Å². The minimum Gasteiger partial charge on any atom is -0.375 e. The maximum atomic E-state index is 5.37. The predicted octanol–water partition coefficient (Wildman–Crippen LogP) is 1.82. The van der Waals surface area contributed by atoms with Crippen molar-refractivity contribution in [3.63, 3.8) is 0 Å². The first-order valence-corrected chi connectivity index (χ1v) is 7.52. The van der Waals surface area contributed by atoms with Crippen molar-refractivity contribution < 1.29 is 0 Å². The molecule has 20 heavy (non-hydrogen) atoms. The molecule has 0 saturated heterocycles. The number of thioether (sulfide) groups is 1. The van der Waals surface area contributed by atoms with E-state index in [1.54, 1.807) is 18.0 Å². The van der Waals surface area contributed by atoms with Crippen molar-refractivity contribution in [1.82, 2.24) is 15.0 Å². The molecule has 0 atom stereocenters. The van der Waals surface area contributed by atoms with E-state index in [9.17, 15) is 0 Å². The van der Waals surface area contributed by atoms with Crippen molar-refractivity contribution in [1.29, 1.82) is 0 Å². The van der Waals surface area contributed by atoms with Gasteiger partial charge in [-0.3, -0.25) is 5.43 Å². The number of aromatic nitrogens is 2. The highest BCUT2D eigenvalue weighted by atomic mass is 32.2. The summed E-state index contributed by atoms with van der Waals surface area (Å²) >= 11 is 6.50. The summed E-state index contributed by atoms with van der Waals surface area (Å²) in [7, 11) is 0. The third-order valence-electron chi connectivity index (χ3n) is 2.93. The van der Waals surface area contributed by atoms with Crippen LogP contribution in [0.3, 0.4) is 0 Å². The second-order valence-electron chi connectivity index (χ2n) is 4.23. The van der Waals surface area contributed by atoms with E-state index in [1.807, 2.05) is 30.3 Å². The zero-order chi connectivity index (χ0) is 13.9. The van der Waals surface area contributed by atoms with Crippen LogP contribution in [0.15, 0.2) is 40.6 Å². The fourth-order valence-electron chi connectivity index (χ4n) is 2.09. The Morgan fingerprint density at radius 3 is 3.00 bits per heavy atom. The first-order valence-electron chi connectivity index (χ1n) is 6.13. The Bertz CT molecular complexity index is 663. The smallest absolute Gasteiger partial charge is 0.184 e. The van der Waals surface area contributed by atoms with Crippen LogP contribution in [0.5, 0.6) is 0 Å². The molecule has 3 rings (SSSR count). The first kappa shape index (κ1) is 13.1. The number of fused-ring (bicyclic) bond motifs is 1. The molecule has 1 aliphatic heterocycles. The quantitative estimate of drug-likeness (QED) is 0.514. The lowest BCUT2D eigenvalue weighted by Crippen LogP contribution is -2.24. The summed E-state index contributed by atoms with van der Waals surface area (Å²) < 4.78 is 2.16. The lowest BCUT2D eigenvalue weighted by molar-refractivity contribution is 0.715. The number of nitrogens with zero attached hydrogens (tertiary/aromatic N) is 3. The maximum absolute atomic E-state index is 5.37. The van der Waals surface area contributed by atoms with Gasteiger partial charge in [-0.25, -0.2) is 4.98 Å². The van der Waals surface area contributed by atoms with Crippen molar-refractivity contribution in [3.05, 3.63) is 36.0 Å². The van der Waals surface area contributed by atoms with Gasteiger partial charge in [0.2, 0.25) is 0 Å². The second kappa shape index (κ2) is 5.64. The molecule has 3 N–H and O–H groups in total. The van der Waals surface area contributed by atoms with Gasteiger partial charge >= 0.3 is 0 Å². The zero-order valence-electron chi connectivity index (χ0n) is 10.6. The first-order chi connectivity index (χ1) is 9.75. The van der Waals surface area contributed by atoms with Gasteiger partial charge in [0.05, 0.1) is 17.6 Å². The summed E-state index contributed by atoms with van der Waals surface area (Å²) in [6.45, 7) is 0.939. The number of hydrogen-bond acceptors (Lipinski definition) is 4. The lowest BCUT2D eigenvalue weighted by Gasteiger charge is -2.03. The highest BCUT2D eigenvalue weighted by molar-refractivity contribution is 7.99. The molecular weight excluding hydrogens is 290 g/mol. The molecule has 7 heteroatoms. The molecule has 1 aromatic heterocycles. The molecule has 0 amide bonds. The fraction of sp³-hybridized carbons (Fsp3) is 0.154. The minimum absolute atomic E-state index is 0.151. The monoisotopic (exact) mass is 303 g/mol. The Labute approximate surface area is 126 Å². The summed E-state index contributed by atoms with van der Waals surface area (Å²) in [5, 5.41) is 5.25. The highest BCUT2D eigenvalue weighted by Gasteiger charge is 2.21. The number of benzene rings is 1. The van der Waals surface area contributed by atoms with Gasteiger partial charge in [-0.05, 0) is 12.2 Å². The Kier molecular flexibility index (Phi) is 3.70. The standard InChI is InChI=1S/C13H13N5S2/c14-12(19)17-15-8-10-11(9-4-2-1-3-5-9)16-13-18(10)6-7-20-13/h1-5,8H,6-7H2,(H3,14,17,19)/b15-8+. The van der Waals surface area contributed by atoms with Gasteiger partial charge < -0.3 is 10.3 Å². The van der Waals surface area contributed by atoms with E-state index >= 15 is 0 Å². The third kappa shape index (κ3) is 2.54. The molecule has 0 bridgehead atoms. The van der Waals surface area contributed by atoms with Crippen LogP contribution in [0, 0.1) is 0 Å². The SMILES string of the molecule is NC(=S)N/N=C/c1c(-c2ccccc2)nc2n1CCS2. The molecule has 2 aromatic rings. The molecule has 0 radical (unpaired) electrons. The molecule has 0 aliphatic carbocycles. The van der Waals surface area contributed by atoms with Gasteiger partial charge in [-0.1, -0.05) is 42.1 Å². The number of rotatable bonds is 3. The van der Waals surface area contributed by atoms with Gasteiger partial charge in [0.25, 0.3) is 0 Å². The number of imidazole rings is 1. The topological polar surface area (TPSA) is 68.2 Å². The average molecular weight is 303 g/mol.